The molecule has 4 atom stereocenters. The number of rotatable bonds is 10. The van der Waals surface area contributed by atoms with Gasteiger partial charge in [0.15, 0.2) is 0 Å². The fraction of sp³-hybridized carbons (Fsp3) is 0.400. The van der Waals surface area contributed by atoms with E-state index in [2.05, 4.69) is 31.4 Å². The molecule has 41 heavy (non-hydrogen) atoms. The molecule has 3 aromatic rings. The molecular formula is C30H35N7O4. The summed E-state index contributed by atoms with van der Waals surface area (Å²) in [4.78, 5) is 55.3. The lowest BCUT2D eigenvalue weighted by atomic mass is 9.96. The Morgan fingerprint density at radius 1 is 1.10 bits per heavy atom. The number of hydrogen-bond donors (Lipinski definition) is 4. The van der Waals surface area contributed by atoms with Crippen LogP contribution in [0.15, 0.2) is 54.7 Å². The monoisotopic (exact) mass is 557 g/mol. The second-order valence-corrected chi connectivity index (χ2v) is 10.7. The summed E-state index contributed by atoms with van der Waals surface area (Å²) in [6.45, 7) is 4.03. The van der Waals surface area contributed by atoms with E-state index in [1.165, 1.54) is 6.20 Å². The molecule has 214 valence electrons. The number of carbonyl (C=O) groups excluding carboxylic acids is 4. The van der Waals surface area contributed by atoms with E-state index in [-0.39, 0.29) is 36.6 Å². The molecular weight excluding hydrogens is 522 g/mol. The molecule has 0 aliphatic carbocycles. The summed E-state index contributed by atoms with van der Waals surface area (Å²) in [5.41, 5.74) is 4.07. The first-order chi connectivity index (χ1) is 19.9. The molecule has 11 heteroatoms. The van der Waals surface area contributed by atoms with Gasteiger partial charge >= 0.3 is 0 Å². The molecule has 2 aromatic carbocycles. The third-order valence-corrected chi connectivity index (χ3v) is 7.95. The Balaban J connectivity index is 1.32. The van der Waals surface area contributed by atoms with Crippen LogP contribution in [-0.2, 0) is 45.0 Å². The summed E-state index contributed by atoms with van der Waals surface area (Å²) in [7, 11) is 0. The zero-order valence-corrected chi connectivity index (χ0v) is 23.2. The lowest BCUT2D eigenvalue weighted by molar-refractivity contribution is -0.133. The predicted octanol–water partition coefficient (Wildman–Crippen LogP) is 1.58. The van der Waals surface area contributed by atoms with Crippen LogP contribution >= 0.6 is 0 Å². The van der Waals surface area contributed by atoms with Gasteiger partial charge in [0, 0.05) is 6.42 Å². The highest BCUT2D eigenvalue weighted by Crippen LogP contribution is 2.39. The SMILES string of the molecule is CC[C@H](C)[C@H](NC(=O)Cc1ccccc1)C(=O)NC1CCc2cccc3c2N(C1=O)[C@H](C(=O)NCc1cn[nH]n1)C3. The lowest BCUT2D eigenvalue weighted by Crippen LogP contribution is -2.58. The fourth-order valence-corrected chi connectivity index (χ4v) is 5.55. The number of H-pyrrole nitrogens is 1. The smallest absolute Gasteiger partial charge is 0.250 e. The van der Waals surface area contributed by atoms with E-state index >= 15 is 0 Å². The average molecular weight is 558 g/mol. The van der Waals surface area contributed by atoms with Crippen LogP contribution in [0.5, 0.6) is 0 Å². The molecule has 2 aliphatic rings. The van der Waals surface area contributed by atoms with E-state index in [0.29, 0.717) is 31.4 Å². The van der Waals surface area contributed by atoms with Crippen molar-refractivity contribution >= 4 is 29.3 Å². The minimum atomic E-state index is -0.843. The highest BCUT2D eigenvalue weighted by Gasteiger charge is 2.44. The van der Waals surface area contributed by atoms with Crippen LogP contribution in [-0.4, -0.2) is 57.2 Å². The maximum absolute atomic E-state index is 14.0. The molecule has 4 N–H and O–H groups in total. The Labute approximate surface area is 238 Å². The molecule has 4 amide bonds. The molecule has 1 aromatic heterocycles. The third kappa shape index (κ3) is 6.13. The Kier molecular flexibility index (Phi) is 8.42. The first-order valence-corrected chi connectivity index (χ1v) is 14.1. The van der Waals surface area contributed by atoms with Gasteiger partial charge in [-0.1, -0.05) is 68.8 Å². The van der Waals surface area contributed by atoms with Gasteiger partial charge in [0.05, 0.1) is 24.8 Å². The second kappa shape index (κ2) is 12.3. The largest absolute Gasteiger partial charge is 0.348 e. The zero-order chi connectivity index (χ0) is 28.9. The van der Waals surface area contributed by atoms with Crippen LogP contribution in [0.4, 0.5) is 5.69 Å². The van der Waals surface area contributed by atoms with Gasteiger partial charge < -0.3 is 16.0 Å². The number of carbonyl (C=O) groups is 4. The van der Waals surface area contributed by atoms with Crippen molar-refractivity contribution in [2.45, 2.75) is 70.6 Å². The third-order valence-electron chi connectivity index (χ3n) is 7.95. The first kappa shape index (κ1) is 28.0. The van der Waals surface area contributed by atoms with Crippen molar-refractivity contribution in [3.63, 3.8) is 0 Å². The van der Waals surface area contributed by atoms with Crippen molar-refractivity contribution in [3.8, 4) is 0 Å². The van der Waals surface area contributed by atoms with E-state index in [0.717, 1.165) is 22.4 Å². The van der Waals surface area contributed by atoms with Crippen LogP contribution in [0.25, 0.3) is 0 Å². The summed E-state index contributed by atoms with van der Waals surface area (Å²) in [6, 6.07) is 12.8. The molecule has 0 bridgehead atoms. The van der Waals surface area contributed by atoms with E-state index in [4.69, 9.17) is 0 Å². The Morgan fingerprint density at radius 3 is 2.61 bits per heavy atom. The number of aromatic nitrogens is 3. The van der Waals surface area contributed by atoms with Crippen molar-refractivity contribution in [3.05, 3.63) is 77.1 Å². The molecule has 0 saturated carbocycles. The number of hydrogen-bond acceptors (Lipinski definition) is 6. The Hall–Kier alpha value is -4.54. The minimum absolute atomic E-state index is 0.152. The van der Waals surface area contributed by atoms with Crippen molar-refractivity contribution in [2.75, 3.05) is 4.90 Å². The fourth-order valence-electron chi connectivity index (χ4n) is 5.55. The average Bonchev–Trinajstić information content (AvgIpc) is 3.62. The summed E-state index contributed by atoms with van der Waals surface area (Å²) in [5, 5.41) is 18.9. The van der Waals surface area contributed by atoms with Gasteiger partial charge in [-0.2, -0.15) is 15.4 Å². The normalized spacial score (nSPS) is 19.1. The predicted molar refractivity (Wildman–Crippen MR) is 151 cm³/mol. The topological polar surface area (TPSA) is 149 Å². The number of anilines is 1. The van der Waals surface area contributed by atoms with Crippen molar-refractivity contribution < 1.29 is 19.2 Å². The maximum atomic E-state index is 14.0. The quantitative estimate of drug-likeness (QED) is 0.297. The standard InChI is InChI=1S/C30H35N7O4/c1-3-18(2)26(34-25(38)14-19-8-5-4-6-9-19)29(40)33-23-13-12-20-10-7-11-21-15-24(37(27(20)21)30(23)41)28(39)31-16-22-17-32-36-35-22/h4-11,17-18,23-24,26H,3,12-16H2,1-2H3,(H,31,39)(H,33,40)(H,34,38)(H,32,35,36)/t18-,23?,24-,26-/m0/s1. The summed E-state index contributed by atoms with van der Waals surface area (Å²) in [6.07, 6.45) is 3.67. The highest BCUT2D eigenvalue weighted by molar-refractivity contribution is 6.08. The number of aryl methyl sites for hydroxylation is 1. The van der Waals surface area contributed by atoms with Gasteiger partial charge in [-0.05, 0) is 35.4 Å². The first-order valence-electron chi connectivity index (χ1n) is 14.1. The van der Waals surface area contributed by atoms with Gasteiger partial charge in [0.25, 0.3) is 0 Å². The van der Waals surface area contributed by atoms with E-state index in [9.17, 15) is 19.2 Å². The maximum Gasteiger partial charge on any atom is 0.250 e. The van der Waals surface area contributed by atoms with Gasteiger partial charge in [0.1, 0.15) is 23.8 Å². The molecule has 0 fully saturated rings. The number of nitrogens with one attached hydrogen (secondary N) is 4. The molecule has 0 radical (unpaired) electrons. The molecule has 2 aliphatic heterocycles. The summed E-state index contributed by atoms with van der Waals surface area (Å²) >= 11 is 0. The number of nitrogens with zero attached hydrogens (tertiary/aromatic N) is 3. The van der Waals surface area contributed by atoms with E-state index in [1.807, 2.05) is 62.4 Å². The molecule has 0 spiro atoms. The number of benzene rings is 2. The van der Waals surface area contributed by atoms with Crippen molar-refractivity contribution in [2.24, 2.45) is 5.92 Å². The number of aromatic amines is 1. The van der Waals surface area contributed by atoms with Crippen LogP contribution in [0.3, 0.4) is 0 Å². The number of para-hydroxylation sites is 1. The van der Waals surface area contributed by atoms with Crippen LogP contribution < -0.4 is 20.9 Å². The van der Waals surface area contributed by atoms with Crippen molar-refractivity contribution in [1.29, 1.82) is 0 Å². The lowest BCUT2D eigenvalue weighted by Gasteiger charge is -2.30. The Bertz CT molecular complexity index is 1410. The molecule has 11 nitrogen and oxygen atoms in total. The zero-order valence-electron chi connectivity index (χ0n) is 23.2. The van der Waals surface area contributed by atoms with Crippen molar-refractivity contribution in [1.82, 2.24) is 31.4 Å². The van der Waals surface area contributed by atoms with Crippen LogP contribution in [0.2, 0.25) is 0 Å². The van der Waals surface area contributed by atoms with Crippen LogP contribution in [0.1, 0.15) is 49.1 Å². The Morgan fingerprint density at radius 2 is 1.88 bits per heavy atom. The van der Waals surface area contributed by atoms with E-state index < -0.39 is 24.0 Å². The molecule has 0 saturated heterocycles. The van der Waals surface area contributed by atoms with Gasteiger partial charge in [-0.25, -0.2) is 0 Å². The van der Waals surface area contributed by atoms with Gasteiger partial charge in [-0.15, -0.1) is 0 Å². The number of amides is 4. The van der Waals surface area contributed by atoms with Gasteiger partial charge in [0.2, 0.25) is 23.6 Å². The molecule has 5 rings (SSSR count). The van der Waals surface area contributed by atoms with Crippen LogP contribution in [0, 0.1) is 5.92 Å². The summed E-state index contributed by atoms with van der Waals surface area (Å²) < 4.78 is 0. The summed E-state index contributed by atoms with van der Waals surface area (Å²) in [5.74, 6) is -1.45. The highest BCUT2D eigenvalue weighted by atomic mass is 16.2. The molecule has 1 unspecified atom stereocenters. The molecule has 3 heterocycles. The minimum Gasteiger partial charge on any atom is -0.348 e. The van der Waals surface area contributed by atoms with Gasteiger partial charge in [-0.3, -0.25) is 24.1 Å². The second-order valence-electron chi connectivity index (χ2n) is 10.7. The van der Waals surface area contributed by atoms with E-state index in [1.54, 1.807) is 4.90 Å².